The molecule has 1 aromatic carbocycles. The van der Waals surface area contributed by atoms with Gasteiger partial charge in [-0.25, -0.2) is 0 Å². The second-order valence-corrected chi connectivity index (χ2v) is 6.73. The molecule has 2 aromatic rings. The van der Waals surface area contributed by atoms with Crippen molar-refractivity contribution in [2.45, 2.75) is 38.9 Å². The number of rotatable bonds is 2. The van der Waals surface area contributed by atoms with Gasteiger partial charge in [-0.2, -0.15) is 5.26 Å². The number of nitrogens with zero attached hydrogens (tertiary/aromatic N) is 2. The van der Waals surface area contributed by atoms with Gasteiger partial charge in [-0.1, -0.05) is 18.2 Å². The summed E-state index contributed by atoms with van der Waals surface area (Å²) in [5.74, 6) is 0. The van der Waals surface area contributed by atoms with Crippen LogP contribution in [0.15, 0.2) is 42.5 Å². The molecule has 23 heavy (non-hydrogen) atoms. The summed E-state index contributed by atoms with van der Waals surface area (Å²) in [7, 11) is -0.487. The van der Waals surface area contributed by atoms with Crippen molar-refractivity contribution in [2.75, 3.05) is 0 Å². The van der Waals surface area contributed by atoms with Crippen molar-refractivity contribution in [1.82, 2.24) is 4.98 Å². The number of nitriles is 1. The van der Waals surface area contributed by atoms with Gasteiger partial charge in [0, 0.05) is 5.56 Å². The third-order valence-electron chi connectivity index (χ3n) is 4.55. The lowest BCUT2D eigenvalue weighted by Gasteiger charge is -2.32. The number of benzene rings is 1. The van der Waals surface area contributed by atoms with Crippen LogP contribution in [0.3, 0.4) is 0 Å². The van der Waals surface area contributed by atoms with Crippen molar-refractivity contribution in [2.24, 2.45) is 0 Å². The summed E-state index contributed by atoms with van der Waals surface area (Å²) in [6.45, 7) is 8.08. The van der Waals surface area contributed by atoms with Gasteiger partial charge >= 0.3 is 7.12 Å². The van der Waals surface area contributed by atoms with Gasteiger partial charge in [-0.15, -0.1) is 0 Å². The largest absolute Gasteiger partial charge is 0.514 e. The molecule has 5 heteroatoms. The molecule has 0 N–H and O–H groups in total. The first kappa shape index (κ1) is 15.7. The average molecular weight is 306 g/mol. The standard InChI is InChI=1S/C18H19BN2O2/c1-17(2)18(3,4)23-19(22-17)16-10-6-9-15(21-16)14-8-5-7-13(11-14)12-20/h5-11H,1-4H3. The summed E-state index contributed by atoms with van der Waals surface area (Å²) in [6, 6.07) is 15.3. The summed E-state index contributed by atoms with van der Waals surface area (Å²) < 4.78 is 12.1. The van der Waals surface area contributed by atoms with E-state index in [0.717, 1.165) is 16.9 Å². The normalized spacial score (nSPS) is 18.7. The smallest absolute Gasteiger partial charge is 0.398 e. The summed E-state index contributed by atoms with van der Waals surface area (Å²) in [6.07, 6.45) is 0. The van der Waals surface area contributed by atoms with Crippen molar-refractivity contribution in [3.8, 4) is 17.3 Å². The van der Waals surface area contributed by atoms with Crippen LogP contribution in [-0.4, -0.2) is 23.3 Å². The molecule has 1 saturated heterocycles. The van der Waals surface area contributed by atoms with Crippen LogP contribution in [0.5, 0.6) is 0 Å². The van der Waals surface area contributed by atoms with Crippen molar-refractivity contribution in [1.29, 1.82) is 5.26 Å². The fraction of sp³-hybridized carbons (Fsp3) is 0.333. The van der Waals surface area contributed by atoms with E-state index < -0.39 is 18.3 Å². The zero-order valence-corrected chi connectivity index (χ0v) is 13.8. The van der Waals surface area contributed by atoms with E-state index in [9.17, 15) is 0 Å². The Morgan fingerprint density at radius 3 is 2.30 bits per heavy atom. The number of aromatic nitrogens is 1. The second kappa shape index (κ2) is 5.49. The number of hydrogen-bond acceptors (Lipinski definition) is 4. The van der Waals surface area contributed by atoms with Crippen LogP contribution in [0.4, 0.5) is 0 Å². The van der Waals surface area contributed by atoms with Crippen LogP contribution in [0.1, 0.15) is 33.3 Å². The minimum absolute atomic E-state index is 0.393. The maximum Gasteiger partial charge on any atom is 0.514 e. The lowest BCUT2D eigenvalue weighted by molar-refractivity contribution is 0.00578. The molecule has 2 heterocycles. The monoisotopic (exact) mass is 306 g/mol. The van der Waals surface area contributed by atoms with Crippen molar-refractivity contribution >= 4 is 12.7 Å². The first-order valence-electron chi connectivity index (χ1n) is 7.65. The van der Waals surface area contributed by atoms with E-state index in [4.69, 9.17) is 14.6 Å². The van der Waals surface area contributed by atoms with E-state index in [1.54, 1.807) is 6.07 Å². The lowest BCUT2D eigenvalue weighted by Crippen LogP contribution is -2.41. The first-order valence-corrected chi connectivity index (χ1v) is 7.65. The molecule has 0 radical (unpaired) electrons. The minimum atomic E-state index is -0.487. The highest BCUT2D eigenvalue weighted by Gasteiger charge is 2.52. The van der Waals surface area contributed by atoms with Crippen LogP contribution in [0.25, 0.3) is 11.3 Å². The molecule has 1 aromatic heterocycles. The van der Waals surface area contributed by atoms with Crippen LogP contribution in [-0.2, 0) is 9.31 Å². The summed E-state index contributed by atoms with van der Waals surface area (Å²) in [5, 5.41) is 9.04. The molecule has 0 aliphatic carbocycles. The van der Waals surface area contributed by atoms with Gasteiger partial charge in [0.25, 0.3) is 0 Å². The molecule has 0 saturated carbocycles. The molecule has 4 nitrogen and oxygen atoms in total. The molecule has 1 aliphatic heterocycles. The average Bonchev–Trinajstić information content (AvgIpc) is 2.76. The predicted octanol–water partition coefficient (Wildman–Crippen LogP) is 2.92. The molecule has 3 rings (SSSR count). The Morgan fingerprint density at radius 1 is 1.00 bits per heavy atom. The topological polar surface area (TPSA) is 55.1 Å². The molecule has 0 bridgehead atoms. The Kier molecular flexibility index (Phi) is 3.75. The van der Waals surface area contributed by atoms with Crippen molar-refractivity contribution in [3.63, 3.8) is 0 Å². The van der Waals surface area contributed by atoms with Gasteiger partial charge in [-0.05, 0) is 52.0 Å². The maximum atomic E-state index is 9.04. The molecule has 116 valence electrons. The van der Waals surface area contributed by atoms with Crippen LogP contribution in [0.2, 0.25) is 0 Å². The van der Waals surface area contributed by atoms with E-state index in [1.165, 1.54) is 0 Å². The highest BCUT2D eigenvalue weighted by atomic mass is 16.7. The Morgan fingerprint density at radius 2 is 1.65 bits per heavy atom. The SMILES string of the molecule is CC1(C)OB(c2cccc(-c3cccc(C#N)c3)n2)OC1(C)C. The zero-order chi connectivity index (χ0) is 16.7. The first-order chi connectivity index (χ1) is 10.8. The van der Waals surface area contributed by atoms with Gasteiger partial charge in [0.15, 0.2) is 0 Å². The van der Waals surface area contributed by atoms with E-state index in [2.05, 4.69) is 11.1 Å². The van der Waals surface area contributed by atoms with Gasteiger partial charge in [0.05, 0.1) is 34.1 Å². The quantitative estimate of drug-likeness (QED) is 0.801. The number of pyridine rings is 1. The summed E-state index contributed by atoms with van der Waals surface area (Å²) >= 11 is 0. The maximum absolute atomic E-state index is 9.04. The Balaban J connectivity index is 1.94. The lowest BCUT2D eigenvalue weighted by atomic mass is 9.84. The summed E-state index contributed by atoms with van der Waals surface area (Å²) in [5.41, 5.74) is 2.28. The molecule has 0 amide bonds. The van der Waals surface area contributed by atoms with E-state index in [1.807, 2.05) is 64.1 Å². The highest BCUT2D eigenvalue weighted by molar-refractivity contribution is 6.61. The third-order valence-corrected chi connectivity index (χ3v) is 4.55. The molecule has 1 aliphatic rings. The highest BCUT2D eigenvalue weighted by Crippen LogP contribution is 2.36. The third kappa shape index (κ3) is 2.88. The van der Waals surface area contributed by atoms with Crippen molar-refractivity contribution < 1.29 is 9.31 Å². The van der Waals surface area contributed by atoms with E-state index in [-0.39, 0.29) is 0 Å². The van der Waals surface area contributed by atoms with E-state index >= 15 is 0 Å². The zero-order valence-electron chi connectivity index (χ0n) is 13.8. The van der Waals surface area contributed by atoms with Gasteiger partial charge < -0.3 is 9.31 Å². The van der Waals surface area contributed by atoms with Gasteiger partial charge in [0.1, 0.15) is 0 Å². The van der Waals surface area contributed by atoms with Crippen LogP contribution in [0, 0.1) is 11.3 Å². The van der Waals surface area contributed by atoms with Crippen LogP contribution >= 0.6 is 0 Å². The Hall–Kier alpha value is -2.16. The van der Waals surface area contributed by atoms with E-state index in [0.29, 0.717) is 5.56 Å². The molecule has 1 fully saturated rings. The van der Waals surface area contributed by atoms with Gasteiger partial charge in [0.2, 0.25) is 0 Å². The molecular formula is C18H19BN2O2. The fourth-order valence-electron chi connectivity index (χ4n) is 2.46. The Bertz CT molecular complexity index is 765. The molecule has 0 atom stereocenters. The minimum Gasteiger partial charge on any atom is -0.398 e. The number of hydrogen-bond donors (Lipinski definition) is 0. The summed E-state index contributed by atoms with van der Waals surface area (Å²) in [4.78, 5) is 4.67. The van der Waals surface area contributed by atoms with Crippen molar-refractivity contribution in [3.05, 3.63) is 48.0 Å². The second-order valence-electron chi connectivity index (χ2n) is 6.73. The van der Waals surface area contributed by atoms with Gasteiger partial charge in [-0.3, -0.25) is 4.98 Å². The Labute approximate surface area is 137 Å². The molecule has 0 spiro atoms. The van der Waals surface area contributed by atoms with Crippen LogP contribution < -0.4 is 5.59 Å². The predicted molar refractivity (Wildman–Crippen MR) is 90.1 cm³/mol. The molecule has 0 unspecified atom stereocenters. The fourth-order valence-corrected chi connectivity index (χ4v) is 2.46. The molecular weight excluding hydrogens is 287 g/mol.